The van der Waals surface area contributed by atoms with Gasteiger partial charge >= 0.3 is 0 Å². The largest absolute Gasteiger partial charge is 0.312 e. The number of hydrogen-bond acceptors (Lipinski definition) is 4. The number of hydrogen-bond donors (Lipinski definition) is 1. The van der Waals surface area contributed by atoms with Gasteiger partial charge < -0.3 is 10.2 Å². The van der Waals surface area contributed by atoms with Crippen LogP contribution in [0.1, 0.15) is 6.42 Å². The van der Waals surface area contributed by atoms with E-state index >= 15 is 0 Å². The highest BCUT2D eigenvalue weighted by molar-refractivity contribution is 8.14. The molecule has 110 valence electrons. The number of carbonyl (C=O) groups excluding carboxylic acids is 2. The second-order valence-electron chi connectivity index (χ2n) is 4.83. The van der Waals surface area contributed by atoms with Crippen LogP contribution in [0.15, 0.2) is 29.3 Å². The Morgan fingerprint density at radius 1 is 1.38 bits per heavy atom. The molecule has 1 fully saturated rings. The van der Waals surface area contributed by atoms with E-state index in [1.807, 2.05) is 0 Å². The summed E-state index contributed by atoms with van der Waals surface area (Å²) in [5, 5.41) is 3.98. The van der Waals surface area contributed by atoms with E-state index in [1.54, 1.807) is 29.2 Å². The Kier molecular flexibility index (Phi) is 4.17. The molecule has 5 nitrogen and oxygen atoms in total. The van der Waals surface area contributed by atoms with Crippen LogP contribution in [0, 0.1) is 5.92 Å². The molecule has 2 amide bonds. The van der Waals surface area contributed by atoms with E-state index in [4.69, 9.17) is 11.6 Å². The van der Waals surface area contributed by atoms with Gasteiger partial charge in [0.05, 0.1) is 6.54 Å². The molecule has 1 saturated heterocycles. The van der Waals surface area contributed by atoms with Crippen LogP contribution >= 0.6 is 23.4 Å². The number of carbonyl (C=O) groups is 2. The fraction of sp³-hybridized carbons (Fsp3) is 0.357. The molecule has 2 aliphatic heterocycles. The minimum atomic E-state index is -0.635. The molecule has 0 aliphatic carbocycles. The maximum atomic E-state index is 12.4. The molecule has 7 heteroatoms. The summed E-state index contributed by atoms with van der Waals surface area (Å²) >= 11 is 7.35. The molecule has 2 heterocycles. The van der Waals surface area contributed by atoms with Gasteiger partial charge in [0.1, 0.15) is 5.92 Å². The maximum Gasteiger partial charge on any atom is 0.239 e. The van der Waals surface area contributed by atoms with Crippen LogP contribution in [-0.4, -0.2) is 35.8 Å². The number of aliphatic imine (C=N–C) groups is 1. The van der Waals surface area contributed by atoms with Crippen LogP contribution in [0.3, 0.4) is 0 Å². The SMILES string of the molecule is O=C(NC1=NCCS1)C1CCN(c2ccc(Cl)cc2)C1=O. The van der Waals surface area contributed by atoms with Crippen molar-refractivity contribution < 1.29 is 9.59 Å². The Morgan fingerprint density at radius 3 is 2.81 bits per heavy atom. The monoisotopic (exact) mass is 323 g/mol. The van der Waals surface area contributed by atoms with E-state index in [0.717, 1.165) is 18.0 Å². The molecule has 2 aliphatic rings. The number of halogens is 1. The van der Waals surface area contributed by atoms with E-state index in [0.29, 0.717) is 23.2 Å². The third-order valence-corrected chi connectivity index (χ3v) is 4.62. The average Bonchev–Trinajstić information content (AvgIpc) is 3.09. The summed E-state index contributed by atoms with van der Waals surface area (Å²) in [5.41, 5.74) is 0.771. The Hall–Kier alpha value is -1.53. The lowest BCUT2D eigenvalue weighted by atomic mass is 10.1. The lowest BCUT2D eigenvalue weighted by Crippen LogP contribution is -2.38. The minimum Gasteiger partial charge on any atom is -0.312 e. The highest BCUT2D eigenvalue weighted by Gasteiger charge is 2.38. The molecule has 0 saturated carbocycles. The summed E-state index contributed by atoms with van der Waals surface area (Å²) in [5.74, 6) is -0.182. The molecule has 0 bridgehead atoms. The van der Waals surface area contributed by atoms with Gasteiger partial charge in [-0.25, -0.2) is 0 Å². The number of thioether (sulfide) groups is 1. The van der Waals surface area contributed by atoms with Crippen molar-refractivity contribution in [1.82, 2.24) is 5.32 Å². The first kappa shape index (κ1) is 14.4. The van der Waals surface area contributed by atoms with Crippen molar-refractivity contribution in [2.24, 2.45) is 10.9 Å². The Bertz CT molecular complexity index is 603. The number of amides is 2. The zero-order valence-corrected chi connectivity index (χ0v) is 12.8. The van der Waals surface area contributed by atoms with Gasteiger partial charge in [0.2, 0.25) is 11.8 Å². The molecule has 1 atom stereocenters. The second kappa shape index (κ2) is 6.07. The van der Waals surface area contributed by atoms with E-state index in [2.05, 4.69) is 10.3 Å². The molecule has 21 heavy (non-hydrogen) atoms. The topological polar surface area (TPSA) is 61.8 Å². The highest BCUT2D eigenvalue weighted by atomic mass is 35.5. The minimum absolute atomic E-state index is 0.168. The Morgan fingerprint density at radius 2 is 2.14 bits per heavy atom. The van der Waals surface area contributed by atoms with Crippen molar-refractivity contribution in [2.45, 2.75) is 6.42 Å². The van der Waals surface area contributed by atoms with Gasteiger partial charge in [-0.2, -0.15) is 0 Å². The lowest BCUT2D eigenvalue weighted by Gasteiger charge is -2.16. The van der Waals surface area contributed by atoms with Crippen LogP contribution in [0.5, 0.6) is 0 Å². The fourth-order valence-electron chi connectivity index (χ4n) is 2.40. The van der Waals surface area contributed by atoms with Crippen LogP contribution in [0.25, 0.3) is 0 Å². The Labute approximate surface area is 131 Å². The molecule has 1 aromatic carbocycles. The zero-order chi connectivity index (χ0) is 14.8. The fourth-order valence-corrected chi connectivity index (χ4v) is 3.26. The predicted molar refractivity (Wildman–Crippen MR) is 84.8 cm³/mol. The molecule has 1 aromatic rings. The van der Waals surface area contributed by atoms with E-state index < -0.39 is 5.92 Å². The van der Waals surface area contributed by atoms with Gasteiger partial charge in [0, 0.05) is 23.0 Å². The summed E-state index contributed by atoms with van der Waals surface area (Å²) in [6.45, 7) is 1.26. The van der Waals surface area contributed by atoms with Crippen LogP contribution in [0.2, 0.25) is 5.02 Å². The van der Waals surface area contributed by atoms with E-state index in [9.17, 15) is 9.59 Å². The normalized spacial score (nSPS) is 21.6. The average molecular weight is 324 g/mol. The molecule has 0 spiro atoms. The van der Waals surface area contributed by atoms with Gasteiger partial charge in [0.25, 0.3) is 0 Å². The van der Waals surface area contributed by atoms with Gasteiger partial charge in [-0.05, 0) is 30.7 Å². The number of nitrogens with one attached hydrogen (secondary N) is 1. The number of anilines is 1. The van der Waals surface area contributed by atoms with Gasteiger partial charge in [-0.15, -0.1) is 0 Å². The Balaban J connectivity index is 1.68. The summed E-state index contributed by atoms with van der Waals surface area (Å²) in [6.07, 6.45) is 0.519. The van der Waals surface area contributed by atoms with Crippen LogP contribution in [-0.2, 0) is 9.59 Å². The third-order valence-electron chi connectivity index (χ3n) is 3.48. The van der Waals surface area contributed by atoms with Crippen molar-refractivity contribution in [3.63, 3.8) is 0 Å². The first-order valence-corrected chi connectivity index (χ1v) is 8.06. The van der Waals surface area contributed by atoms with E-state index in [1.165, 1.54) is 11.8 Å². The molecular weight excluding hydrogens is 310 g/mol. The quantitative estimate of drug-likeness (QED) is 0.846. The van der Waals surface area contributed by atoms with Crippen molar-refractivity contribution in [3.05, 3.63) is 29.3 Å². The summed E-state index contributed by atoms with van der Waals surface area (Å²) in [4.78, 5) is 30.4. The van der Waals surface area contributed by atoms with Gasteiger partial charge in [-0.1, -0.05) is 23.4 Å². The van der Waals surface area contributed by atoms with E-state index in [-0.39, 0.29) is 11.8 Å². The first-order chi connectivity index (χ1) is 10.1. The summed E-state index contributed by atoms with van der Waals surface area (Å²) in [6, 6.07) is 7.05. The molecule has 1 unspecified atom stereocenters. The summed E-state index contributed by atoms with van der Waals surface area (Å²) in [7, 11) is 0. The maximum absolute atomic E-state index is 12.4. The molecule has 0 aromatic heterocycles. The van der Waals surface area contributed by atoms with Gasteiger partial charge in [0.15, 0.2) is 5.17 Å². The van der Waals surface area contributed by atoms with Crippen molar-refractivity contribution >= 4 is 46.0 Å². The molecular formula is C14H14ClN3O2S. The first-order valence-electron chi connectivity index (χ1n) is 6.70. The second-order valence-corrected chi connectivity index (χ2v) is 6.35. The third kappa shape index (κ3) is 3.06. The smallest absolute Gasteiger partial charge is 0.239 e. The standard InChI is InChI=1S/C14H14ClN3O2S/c15-9-1-3-10(4-2-9)18-7-5-11(13(18)20)12(19)17-14-16-6-8-21-14/h1-4,11H,5-8H2,(H,16,17,19). The number of rotatable bonds is 2. The number of nitrogens with zero attached hydrogens (tertiary/aromatic N) is 2. The lowest BCUT2D eigenvalue weighted by molar-refractivity contribution is -0.131. The zero-order valence-electron chi connectivity index (χ0n) is 11.2. The molecule has 3 rings (SSSR count). The summed E-state index contributed by atoms with van der Waals surface area (Å²) < 4.78 is 0. The van der Waals surface area contributed by atoms with Crippen LogP contribution in [0.4, 0.5) is 5.69 Å². The molecule has 0 radical (unpaired) electrons. The van der Waals surface area contributed by atoms with Crippen molar-refractivity contribution in [3.8, 4) is 0 Å². The van der Waals surface area contributed by atoms with Crippen molar-refractivity contribution in [1.29, 1.82) is 0 Å². The highest BCUT2D eigenvalue weighted by Crippen LogP contribution is 2.26. The number of benzene rings is 1. The predicted octanol–water partition coefficient (Wildman–Crippen LogP) is 1.91. The molecule has 1 N–H and O–H groups in total. The van der Waals surface area contributed by atoms with Gasteiger partial charge in [-0.3, -0.25) is 14.6 Å². The van der Waals surface area contributed by atoms with Crippen molar-refractivity contribution in [2.75, 3.05) is 23.7 Å². The van der Waals surface area contributed by atoms with Crippen LogP contribution < -0.4 is 10.2 Å². The number of amidine groups is 1.